The van der Waals surface area contributed by atoms with E-state index >= 15 is 4.39 Å². The Morgan fingerprint density at radius 2 is 2.07 bits per heavy atom. The first kappa shape index (κ1) is 19.8. The molecule has 0 spiro atoms. The Balaban J connectivity index is 1.85. The smallest absolute Gasteiger partial charge is 0.341 e. The van der Waals surface area contributed by atoms with Crippen LogP contribution in [0.15, 0.2) is 17.1 Å². The number of aromatic nitrogens is 1. The van der Waals surface area contributed by atoms with E-state index in [1.54, 1.807) is 6.92 Å². The van der Waals surface area contributed by atoms with Crippen molar-refractivity contribution in [3.63, 3.8) is 0 Å². The summed E-state index contributed by atoms with van der Waals surface area (Å²) in [6.07, 6.45) is 4.01. The maximum absolute atomic E-state index is 15.1. The Hall–Kier alpha value is -2.48. The van der Waals surface area contributed by atoms with Crippen molar-refractivity contribution in [1.82, 2.24) is 4.40 Å². The van der Waals surface area contributed by atoms with Crippen molar-refractivity contribution in [3.05, 3.63) is 45.1 Å². The topological polar surface area (TPSA) is 88.0 Å². The van der Waals surface area contributed by atoms with Gasteiger partial charge in [0.1, 0.15) is 5.56 Å². The van der Waals surface area contributed by atoms with Crippen molar-refractivity contribution in [2.45, 2.75) is 44.6 Å². The first-order valence-electron chi connectivity index (χ1n) is 10.0. The molecule has 29 heavy (non-hydrogen) atoms. The van der Waals surface area contributed by atoms with E-state index in [0.717, 1.165) is 29.0 Å². The number of carboxylic acids is 1. The molecule has 156 valence electrons. The third-order valence-electron chi connectivity index (χ3n) is 6.29. The average Bonchev–Trinajstić information content (AvgIpc) is 3.49. The van der Waals surface area contributed by atoms with Crippen LogP contribution < -0.4 is 16.2 Å². The van der Waals surface area contributed by atoms with Gasteiger partial charge in [0, 0.05) is 19.1 Å². The number of alkyl halides is 1. The van der Waals surface area contributed by atoms with E-state index in [2.05, 4.69) is 0 Å². The zero-order valence-corrected chi connectivity index (χ0v) is 16.3. The SMILES string of the molecule is Cc1c(N2CC[C@H](CCF)[C@H](N)C2)c(F)cn2c(=O)c(C(=O)O)cc(C3CC3)c12. The summed E-state index contributed by atoms with van der Waals surface area (Å²) in [5.74, 6) is -1.65. The van der Waals surface area contributed by atoms with Gasteiger partial charge in [-0.15, -0.1) is 0 Å². The molecule has 0 radical (unpaired) electrons. The highest BCUT2D eigenvalue weighted by molar-refractivity contribution is 5.89. The second-order valence-electron chi connectivity index (χ2n) is 8.20. The van der Waals surface area contributed by atoms with Gasteiger partial charge >= 0.3 is 5.97 Å². The number of rotatable bonds is 5. The maximum Gasteiger partial charge on any atom is 0.341 e. The number of hydrogen-bond donors (Lipinski definition) is 2. The molecule has 6 nitrogen and oxygen atoms in total. The van der Waals surface area contributed by atoms with Crippen molar-refractivity contribution >= 4 is 17.2 Å². The fraction of sp³-hybridized carbons (Fsp3) is 0.524. The number of pyridine rings is 2. The predicted octanol–water partition coefficient (Wildman–Crippen LogP) is 2.84. The monoisotopic (exact) mass is 405 g/mol. The van der Waals surface area contributed by atoms with Crippen LogP contribution in [-0.2, 0) is 0 Å². The zero-order chi connectivity index (χ0) is 20.9. The Morgan fingerprint density at radius 1 is 1.34 bits per heavy atom. The number of carboxylic acid groups (broad SMARTS) is 1. The highest BCUT2D eigenvalue weighted by Crippen LogP contribution is 2.44. The molecular formula is C21H25F2N3O3. The van der Waals surface area contributed by atoms with E-state index < -0.39 is 24.0 Å². The van der Waals surface area contributed by atoms with E-state index in [4.69, 9.17) is 5.73 Å². The molecule has 2 aromatic rings. The van der Waals surface area contributed by atoms with E-state index in [1.165, 1.54) is 6.07 Å². The minimum Gasteiger partial charge on any atom is -0.477 e. The molecule has 1 aliphatic carbocycles. The van der Waals surface area contributed by atoms with Crippen molar-refractivity contribution in [1.29, 1.82) is 0 Å². The number of aromatic carboxylic acids is 1. The lowest BCUT2D eigenvalue weighted by molar-refractivity contribution is 0.0694. The van der Waals surface area contributed by atoms with Gasteiger partial charge in [0.15, 0.2) is 5.82 Å². The van der Waals surface area contributed by atoms with Gasteiger partial charge in [0.05, 0.1) is 24.1 Å². The number of hydrogen-bond acceptors (Lipinski definition) is 4. The van der Waals surface area contributed by atoms with Crippen LogP contribution in [0.4, 0.5) is 14.5 Å². The molecule has 0 amide bonds. The lowest BCUT2D eigenvalue weighted by Crippen LogP contribution is -2.49. The number of halogens is 2. The van der Waals surface area contributed by atoms with Crippen LogP contribution in [0.1, 0.15) is 53.1 Å². The molecule has 0 bridgehead atoms. The van der Waals surface area contributed by atoms with Crippen LogP contribution >= 0.6 is 0 Å². The molecule has 2 aliphatic rings. The maximum atomic E-state index is 15.1. The van der Waals surface area contributed by atoms with Gasteiger partial charge < -0.3 is 15.7 Å². The van der Waals surface area contributed by atoms with Gasteiger partial charge in [0.2, 0.25) is 0 Å². The third-order valence-corrected chi connectivity index (χ3v) is 6.29. The summed E-state index contributed by atoms with van der Waals surface area (Å²) in [6, 6.07) is 1.19. The first-order chi connectivity index (χ1) is 13.8. The van der Waals surface area contributed by atoms with Crippen molar-refractivity contribution in [3.8, 4) is 0 Å². The summed E-state index contributed by atoms with van der Waals surface area (Å²) < 4.78 is 29.0. The van der Waals surface area contributed by atoms with Crippen LogP contribution in [0.5, 0.6) is 0 Å². The quantitative estimate of drug-likeness (QED) is 0.799. The fourth-order valence-corrected chi connectivity index (χ4v) is 4.62. The Bertz CT molecular complexity index is 1030. The van der Waals surface area contributed by atoms with E-state index in [0.29, 0.717) is 42.7 Å². The number of piperidine rings is 1. The van der Waals surface area contributed by atoms with E-state index in [-0.39, 0.29) is 23.4 Å². The van der Waals surface area contributed by atoms with Crippen LogP contribution in [0, 0.1) is 18.7 Å². The number of nitrogens with two attached hydrogens (primary N) is 1. The second-order valence-corrected chi connectivity index (χ2v) is 8.20. The summed E-state index contributed by atoms with van der Waals surface area (Å²) in [7, 11) is 0. The van der Waals surface area contributed by atoms with Crippen LogP contribution in [0.25, 0.3) is 5.52 Å². The second kappa shape index (κ2) is 7.40. The van der Waals surface area contributed by atoms with E-state index in [1.807, 2.05) is 4.90 Å². The van der Waals surface area contributed by atoms with Gasteiger partial charge in [-0.2, -0.15) is 0 Å². The van der Waals surface area contributed by atoms with Crippen LogP contribution in [0.2, 0.25) is 0 Å². The van der Waals surface area contributed by atoms with Crippen molar-refractivity contribution in [2.24, 2.45) is 11.7 Å². The lowest BCUT2D eigenvalue weighted by Gasteiger charge is -2.38. The molecule has 2 aromatic heterocycles. The Morgan fingerprint density at radius 3 is 2.66 bits per heavy atom. The predicted molar refractivity (Wildman–Crippen MR) is 106 cm³/mol. The molecular weight excluding hydrogens is 380 g/mol. The van der Waals surface area contributed by atoms with Crippen molar-refractivity contribution in [2.75, 3.05) is 24.7 Å². The lowest BCUT2D eigenvalue weighted by atomic mass is 9.89. The molecule has 0 aromatic carbocycles. The van der Waals surface area contributed by atoms with Gasteiger partial charge in [-0.25, -0.2) is 9.18 Å². The minimum absolute atomic E-state index is 0.0721. The van der Waals surface area contributed by atoms with Gasteiger partial charge in [-0.1, -0.05) is 0 Å². The van der Waals surface area contributed by atoms with Crippen molar-refractivity contribution < 1.29 is 18.7 Å². The molecule has 1 aliphatic heterocycles. The summed E-state index contributed by atoms with van der Waals surface area (Å²) in [5.41, 5.74) is 7.50. The van der Waals surface area contributed by atoms with Crippen LogP contribution in [0.3, 0.4) is 0 Å². The van der Waals surface area contributed by atoms with Gasteiger partial charge in [0.25, 0.3) is 5.56 Å². The highest BCUT2D eigenvalue weighted by atomic mass is 19.1. The molecule has 2 fully saturated rings. The fourth-order valence-electron chi connectivity index (χ4n) is 4.62. The summed E-state index contributed by atoms with van der Waals surface area (Å²) >= 11 is 0. The molecule has 2 atom stereocenters. The Kier molecular flexibility index (Phi) is 5.06. The van der Waals surface area contributed by atoms with Gasteiger partial charge in [-0.05, 0) is 61.6 Å². The highest BCUT2D eigenvalue weighted by Gasteiger charge is 2.32. The normalized spacial score (nSPS) is 22.3. The molecule has 3 N–H and O–H groups in total. The number of carbonyl (C=O) groups is 1. The van der Waals surface area contributed by atoms with Gasteiger partial charge in [-0.3, -0.25) is 13.6 Å². The molecule has 3 heterocycles. The van der Waals surface area contributed by atoms with Crippen LogP contribution in [-0.4, -0.2) is 41.3 Å². The molecule has 0 unspecified atom stereocenters. The summed E-state index contributed by atoms with van der Waals surface area (Å²) in [6.45, 7) is 2.32. The summed E-state index contributed by atoms with van der Waals surface area (Å²) in [4.78, 5) is 26.1. The first-order valence-corrected chi connectivity index (χ1v) is 10.0. The van der Waals surface area contributed by atoms with E-state index in [9.17, 15) is 19.1 Å². The molecule has 1 saturated heterocycles. The minimum atomic E-state index is -1.31. The number of nitrogens with zero attached hydrogens (tertiary/aromatic N) is 2. The zero-order valence-electron chi connectivity index (χ0n) is 16.3. The number of fused-ring (bicyclic) bond motifs is 1. The number of aryl methyl sites for hydroxylation is 1. The standard InChI is InChI=1S/C21H25F2N3O3/c1-11-18-14(12-2-3-12)8-15(21(28)29)20(27)26(18)9-16(23)19(11)25-7-5-13(4-6-22)17(24)10-25/h8-9,12-13,17H,2-7,10,24H2,1H3,(H,28,29)/t13-,17+/m0/s1. The molecule has 4 rings (SSSR count). The number of anilines is 1. The molecule has 1 saturated carbocycles. The molecule has 8 heteroatoms. The third kappa shape index (κ3) is 3.39. The summed E-state index contributed by atoms with van der Waals surface area (Å²) in [5, 5.41) is 9.39. The average molecular weight is 405 g/mol. The Labute approximate surface area is 166 Å². The largest absolute Gasteiger partial charge is 0.477 e.